The summed E-state index contributed by atoms with van der Waals surface area (Å²) in [5.41, 5.74) is 0.717. The highest BCUT2D eigenvalue weighted by atomic mass is 16.3. The van der Waals surface area contributed by atoms with E-state index in [1.54, 1.807) is 19.3 Å². The van der Waals surface area contributed by atoms with E-state index in [1.807, 2.05) is 30.3 Å². The predicted molar refractivity (Wildman–Crippen MR) is 80.2 cm³/mol. The van der Waals surface area contributed by atoms with Crippen LogP contribution in [0.5, 0.6) is 0 Å². The lowest BCUT2D eigenvalue weighted by Crippen LogP contribution is -2.36. The minimum absolute atomic E-state index is 0.0758. The summed E-state index contributed by atoms with van der Waals surface area (Å²) in [5, 5.41) is 12.5. The summed E-state index contributed by atoms with van der Waals surface area (Å²) in [6.07, 6.45) is 1.35. The Bertz CT molecular complexity index is 665. The third-order valence-electron chi connectivity index (χ3n) is 3.18. The normalized spacial score (nSPS) is 11.9. The summed E-state index contributed by atoms with van der Waals surface area (Å²) in [6, 6.07) is 12.6. The molecule has 0 unspecified atom stereocenters. The maximum atomic E-state index is 11.9. The van der Waals surface area contributed by atoms with E-state index in [2.05, 4.69) is 5.32 Å². The van der Waals surface area contributed by atoms with Crippen LogP contribution in [0.25, 0.3) is 0 Å². The Morgan fingerprint density at radius 3 is 2.67 bits per heavy atom. The van der Waals surface area contributed by atoms with Gasteiger partial charge in [0.1, 0.15) is 5.56 Å². The standard InChI is InChI=1S/C16H18N2O3/c1-18-9-5-8-14(16(18)21)15(20)17-11-13(19)10-12-6-3-2-4-7-12/h2-9,13,19H,10-11H2,1H3,(H,17,20)/t13-/m0/s1. The number of carbonyl (C=O) groups excluding carboxylic acids is 1. The molecule has 2 N–H and O–H groups in total. The number of benzene rings is 1. The molecule has 1 atom stereocenters. The number of aliphatic hydroxyl groups excluding tert-OH is 1. The quantitative estimate of drug-likeness (QED) is 0.850. The molecular weight excluding hydrogens is 268 g/mol. The van der Waals surface area contributed by atoms with Crippen LogP contribution in [0, 0.1) is 0 Å². The van der Waals surface area contributed by atoms with E-state index in [0.717, 1.165) is 5.56 Å². The second-order valence-corrected chi connectivity index (χ2v) is 4.89. The van der Waals surface area contributed by atoms with E-state index in [4.69, 9.17) is 0 Å². The Morgan fingerprint density at radius 2 is 1.95 bits per heavy atom. The number of nitrogens with one attached hydrogen (secondary N) is 1. The van der Waals surface area contributed by atoms with Crippen LogP contribution in [-0.4, -0.2) is 28.2 Å². The van der Waals surface area contributed by atoms with E-state index in [-0.39, 0.29) is 17.7 Å². The van der Waals surface area contributed by atoms with Gasteiger partial charge in [-0.05, 0) is 17.7 Å². The highest BCUT2D eigenvalue weighted by Gasteiger charge is 2.13. The van der Waals surface area contributed by atoms with Crippen molar-refractivity contribution in [1.82, 2.24) is 9.88 Å². The third kappa shape index (κ3) is 4.03. The van der Waals surface area contributed by atoms with Gasteiger partial charge in [-0.3, -0.25) is 9.59 Å². The second-order valence-electron chi connectivity index (χ2n) is 4.89. The lowest BCUT2D eigenvalue weighted by Gasteiger charge is -2.12. The van der Waals surface area contributed by atoms with Gasteiger partial charge in [0.2, 0.25) is 0 Å². The van der Waals surface area contributed by atoms with Gasteiger partial charge in [0.05, 0.1) is 6.10 Å². The van der Waals surface area contributed by atoms with Crippen LogP contribution in [-0.2, 0) is 13.5 Å². The number of hydrogen-bond acceptors (Lipinski definition) is 3. The zero-order valence-electron chi connectivity index (χ0n) is 11.8. The molecular formula is C16H18N2O3. The molecule has 21 heavy (non-hydrogen) atoms. The lowest BCUT2D eigenvalue weighted by molar-refractivity contribution is 0.0914. The number of nitrogens with zero attached hydrogens (tertiary/aromatic N) is 1. The fraction of sp³-hybridized carbons (Fsp3) is 0.250. The minimum atomic E-state index is -0.691. The van der Waals surface area contributed by atoms with Gasteiger partial charge in [-0.1, -0.05) is 30.3 Å². The van der Waals surface area contributed by atoms with Crippen LogP contribution in [0.4, 0.5) is 0 Å². The largest absolute Gasteiger partial charge is 0.391 e. The number of aryl methyl sites for hydroxylation is 1. The second kappa shape index (κ2) is 6.85. The van der Waals surface area contributed by atoms with Gasteiger partial charge in [0, 0.05) is 26.2 Å². The fourth-order valence-corrected chi connectivity index (χ4v) is 2.03. The molecule has 2 aromatic rings. The highest BCUT2D eigenvalue weighted by Crippen LogP contribution is 2.02. The molecule has 2 rings (SSSR count). The maximum absolute atomic E-state index is 11.9. The Labute approximate surface area is 122 Å². The molecule has 1 aromatic carbocycles. The van der Waals surface area contributed by atoms with Gasteiger partial charge in [-0.15, -0.1) is 0 Å². The van der Waals surface area contributed by atoms with Crippen molar-refractivity contribution in [3.63, 3.8) is 0 Å². The summed E-state index contributed by atoms with van der Waals surface area (Å²) in [5.74, 6) is -0.469. The van der Waals surface area contributed by atoms with Crippen molar-refractivity contribution >= 4 is 5.91 Å². The number of carbonyl (C=O) groups is 1. The molecule has 1 amide bonds. The Morgan fingerprint density at radius 1 is 1.24 bits per heavy atom. The number of amides is 1. The van der Waals surface area contributed by atoms with Crippen LogP contribution in [0.15, 0.2) is 53.5 Å². The van der Waals surface area contributed by atoms with E-state index in [1.165, 1.54) is 10.6 Å². The first-order chi connectivity index (χ1) is 10.1. The summed E-state index contributed by atoms with van der Waals surface area (Å²) in [4.78, 5) is 23.7. The molecule has 110 valence electrons. The topological polar surface area (TPSA) is 71.3 Å². The number of aliphatic hydroxyl groups is 1. The van der Waals surface area contributed by atoms with Gasteiger partial charge in [0.25, 0.3) is 11.5 Å². The average molecular weight is 286 g/mol. The van der Waals surface area contributed by atoms with Crippen molar-refractivity contribution in [2.24, 2.45) is 7.05 Å². The van der Waals surface area contributed by atoms with E-state index < -0.39 is 12.0 Å². The zero-order valence-corrected chi connectivity index (χ0v) is 11.8. The van der Waals surface area contributed by atoms with Gasteiger partial charge >= 0.3 is 0 Å². The first-order valence-corrected chi connectivity index (χ1v) is 6.74. The van der Waals surface area contributed by atoms with E-state index in [9.17, 15) is 14.7 Å². The molecule has 0 aliphatic carbocycles. The van der Waals surface area contributed by atoms with E-state index in [0.29, 0.717) is 6.42 Å². The van der Waals surface area contributed by atoms with Gasteiger partial charge < -0.3 is 15.0 Å². The molecule has 0 bridgehead atoms. The average Bonchev–Trinajstić information content (AvgIpc) is 2.48. The summed E-state index contributed by atoms with van der Waals surface area (Å²) in [6.45, 7) is 0.103. The van der Waals surface area contributed by atoms with Crippen molar-refractivity contribution < 1.29 is 9.90 Å². The van der Waals surface area contributed by atoms with Crippen molar-refractivity contribution in [2.45, 2.75) is 12.5 Å². The van der Waals surface area contributed by atoms with Gasteiger partial charge in [-0.25, -0.2) is 0 Å². The Kier molecular flexibility index (Phi) is 4.90. The molecule has 0 aliphatic heterocycles. The van der Waals surface area contributed by atoms with Crippen molar-refractivity contribution in [3.05, 3.63) is 70.1 Å². The predicted octanol–water partition coefficient (Wildman–Crippen LogP) is 0.719. The molecule has 0 aliphatic rings. The third-order valence-corrected chi connectivity index (χ3v) is 3.18. The zero-order chi connectivity index (χ0) is 15.2. The van der Waals surface area contributed by atoms with Crippen molar-refractivity contribution in [3.8, 4) is 0 Å². The minimum Gasteiger partial charge on any atom is -0.391 e. The van der Waals surface area contributed by atoms with Gasteiger partial charge in [0.15, 0.2) is 0 Å². The lowest BCUT2D eigenvalue weighted by atomic mass is 10.1. The van der Waals surface area contributed by atoms with Crippen LogP contribution in [0.2, 0.25) is 0 Å². The Hall–Kier alpha value is -2.40. The monoisotopic (exact) mass is 286 g/mol. The molecule has 0 fully saturated rings. The van der Waals surface area contributed by atoms with Crippen LogP contribution < -0.4 is 10.9 Å². The Balaban J connectivity index is 1.92. The first-order valence-electron chi connectivity index (χ1n) is 6.74. The SMILES string of the molecule is Cn1cccc(C(=O)NC[C@@H](O)Cc2ccccc2)c1=O. The molecule has 1 aromatic heterocycles. The highest BCUT2D eigenvalue weighted by molar-refractivity contribution is 5.93. The molecule has 0 saturated heterocycles. The summed E-state index contributed by atoms with van der Waals surface area (Å²) in [7, 11) is 1.59. The first kappa shape index (κ1) is 15.0. The molecule has 0 radical (unpaired) electrons. The molecule has 5 nitrogen and oxygen atoms in total. The number of rotatable bonds is 5. The number of aromatic nitrogens is 1. The van der Waals surface area contributed by atoms with E-state index >= 15 is 0 Å². The van der Waals surface area contributed by atoms with Gasteiger partial charge in [-0.2, -0.15) is 0 Å². The smallest absolute Gasteiger partial charge is 0.263 e. The van der Waals surface area contributed by atoms with Crippen molar-refractivity contribution in [2.75, 3.05) is 6.54 Å². The number of hydrogen-bond donors (Lipinski definition) is 2. The summed E-state index contributed by atoms with van der Waals surface area (Å²) < 4.78 is 1.34. The molecule has 1 heterocycles. The van der Waals surface area contributed by atoms with Crippen LogP contribution >= 0.6 is 0 Å². The maximum Gasteiger partial charge on any atom is 0.263 e. The fourth-order valence-electron chi connectivity index (χ4n) is 2.03. The number of pyridine rings is 1. The van der Waals surface area contributed by atoms with Crippen LogP contribution in [0.3, 0.4) is 0 Å². The molecule has 0 saturated carbocycles. The van der Waals surface area contributed by atoms with Crippen LogP contribution in [0.1, 0.15) is 15.9 Å². The molecule has 0 spiro atoms. The summed E-state index contributed by atoms with van der Waals surface area (Å²) >= 11 is 0. The van der Waals surface area contributed by atoms with Crippen molar-refractivity contribution in [1.29, 1.82) is 0 Å². The molecule has 5 heteroatoms.